The van der Waals surface area contributed by atoms with Gasteiger partial charge in [0.15, 0.2) is 5.03 Å². The molecule has 1 aromatic carbocycles. The summed E-state index contributed by atoms with van der Waals surface area (Å²) in [4.78, 5) is 25.0. The maximum Gasteiger partial charge on any atom is 0.396 e. The van der Waals surface area contributed by atoms with Crippen LogP contribution in [0.2, 0.25) is 0 Å². The Morgan fingerprint density at radius 3 is 2.85 bits per heavy atom. The second-order valence-corrected chi connectivity index (χ2v) is 4.85. The molecule has 1 heterocycles. The van der Waals surface area contributed by atoms with Crippen LogP contribution in [0.1, 0.15) is 10.4 Å². The largest absolute Gasteiger partial charge is 0.478 e. The van der Waals surface area contributed by atoms with Crippen LogP contribution in [0.15, 0.2) is 34.4 Å². The molecule has 0 aliphatic heterocycles. The number of aromatic nitrogens is 2. The van der Waals surface area contributed by atoms with E-state index in [1.165, 1.54) is 17.0 Å². The predicted octanol–water partition coefficient (Wildman–Crippen LogP) is 2.32. The molecule has 0 spiro atoms. The molecule has 1 N–H and O–H groups in total. The highest BCUT2D eigenvalue weighted by atomic mass is 32.2. The van der Waals surface area contributed by atoms with E-state index < -0.39 is 22.3 Å². The van der Waals surface area contributed by atoms with Gasteiger partial charge in [0.1, 0.15) is 5.82 Å². The van der Waals surface area contributed by atoms with Gasteiger partial charge >= 0.3 is 11.8 Å². The molecule has 0 aliphatic carbocycles. The highest BCUT2D eigenvalue weighted by molar-refractivity contribution is 7.99. The summed E-state index contributed by atoms with van der Waals surface area (Å²) in [6.45, 7) is 0. The molecule has 0 fully saturated rings. The predicted molar refractivity (Wildman–Crippen MR) is 67.3 cm³/mol. The fraction of sp³-hybridized carbons (Fsp3) is 0.0909. The van der Waals surface area contributed by atoms with Gasteiger partial charge in [-0.2, -0.15) is 0 Å². The first-order chi connectivity index (χ1) is 9.40. The van der Waals surface area contributed by atoms with Gasteiger partial charge in [-0.25, -0.2) is 9.18 Å². The van der Waals surface area contributed by atoms with Gasteiger partial charge in [-0.1, -0.05) is 11.8 Å². The van der Waals surface area contributed by atoms with Gasteiger partial charge in [0, 0.05) is 11.9 Å². The summed E-state index contributed by atoms with van der Waals surface area (Å²) in [6.07, 6.45) is 1.28. The number of aromatic carboxylic acids is 1. The Morgan fingerprint density at radius 1 is 1.55 bits per heavy atom. The molecule has 0 aliphatic rings. The SMILES string of the molecule is Cn1cnc([N+](=O)[O-])c1Sc1ccc(F)c(C(=O)O)c1. The van der Waals surface area contributed by atoms with Crippen LogP contribution in [-0.4, -0.2) is 25.6 Å². The summed E-state index contributed by atoms with van der Waals surface area (Å²) >= 11 is 0.945. The number of carbonyl (C=O) groups is 1. The normalized spacial score (nSPS) is 10.5. The fourth-order valence-corrected chi connectivity index (χ4v) is 2.44. The van der Waals surface area contributed by atoms with Crippen LogP contribution in [0, 0.1) is 15.9 Å². The molecule has 1 aromatic heterocycles. The minimum atomic E-state index is -1.40. The highest BCUT2D eigenvalue weighted by Gasteiger charge is 2.22. The zero-order valence-electron chi connectivity index (χ0n) is 10.1. The summed E-state index contributed by atoms with van der Waals surface area (Å²) in [5.74, 6) is -2.59. The lowest BCUT2D eigenvalue weighted by atomic mass is 10.2. The molecule has 104 valence electrons. The number of nitro groups is 1. The Labute approximate surface area is 116 Å². The van der Waals surface area contributed by atoms with Crippen molar-refractivity contribution in [1.29, 1.82) is 0 Å². The number of benzene rings is 1. The van der Waals surface area contributed by atoms with Crippen LogP contribution in [0.4, 0.5) is 10.2 Å². The van der Waals surface area contributed by atoms with Gasteiger partial charge < -0.3 is 19.8 Å². The van der Waals surface area contributed by atoms with Crippen LogP contribution in [0.3, 0.4) is 0 Å². The average molecular weight is 297 g/mol. The zero-order chi connectivity index (χ0) is 14.9. The molecule has 20 heavy (non-hydrogen) atoms. The Kier molecular flexibility index (Phi) is 3.70. The van der Waals surface area contributed by atoms with Crippen molar-refractivity contribution in [2.45, 2.75) is 9.92 Å². The maximum absolute atomic E-state index is 13.3. The summed E-state index contributed by atoms with van der Waals surface area (Å²) in [5, 5.41) is 19.9. The van der Waals surface area contributed by atoms with E-state index in [2.05, 4.69) is 4.98 Å². The number of carboxylic acid groups (broad SMARTS) is 1. The summed E-state index contributed by atoms with van der Waals surface area (Å²) in [5.41, 5.74) is -0.486. The van der Waals surface area contributed by atoms with Crippen molar-refractivity contribution in [2.24, 2.45) is 7.05 Å². The zero-order valence-corrected chi connectivity index (χ0v) is 10.9. The van der Waals surface area contributed by atoms with Crippen molar-refractivity contribution in [3.05, 3.63) is 46.0 Å². The maximum atomic E-state index is 13.3. The number of nitrogens with zero attached hydrogens (tertiary/aromatic N) is 3. The van der Waals surface area contributed by atoms with Crippen LogP contribution >= 0.6 is 11.8 Å². The molecule has 0 saturated carbocycles. The molecule has 0 saturated heterocycles. The Morgan fingerprint density at radius 2 is 2.25 bits per heavy atom. The first-order valence-corrected chi connectivity index (χ1v) is 6.08. The summed E-state index contributed by atoms with van der Waals surface area (Å²) in [7, 11) is 1.57. The molecule has 0 bridgehead atoms. The quantitative estimate of drug-likeness (QED) is 0.687. The standard InChI is InChI=1S/C11H8FN3O4S/c1-14-5-13-9(15(18)19)10(14)20-6-2-3-8(12)7(4-6)11(16)17/h2-5H,1H3,(H,16,17). The molecule has 0 unspecified atom stereocenters. The molecule has 0 atom stereocenters. The van der Waals surface area contributed by atoms with E-state index >= 15 is 0 Å². The Bertz CT molecular complexity index is 701. The Balaban J connectivity index is 2.40. The lowest BCUT2D eigenvalue weighted by Crippen LogP contribution is -2.00. The molecule has 2 rings (SSSR count). The van der Waals surface area contributed by atoms with Crippen LogP contribution in [-0.2, 0) is 7.05 Å². The topological polar surface area (TPSA) is 98.3 Å². The third-order valence-electron chi connectivity index (χ3n) is 2.42. The van der Waals surface area contributed by atoms with Gasteiger partial charge in [0.25, 0.3) is 0 Å². The van der Waals surface area contributed by atoms with Crippen molar-refractivity contribution < 1.29 is 19.2 Å². The van der Waals surface area contributed by atoms with Gasteiger partial charge in [-0.15, -0.1) is 0 Å². The van der Waals surface area contributed by atoms with Crippen LogP contribution < -0.4 is 0 Å². The number of aryl methyl sites for hydroxylation is 1. The molecule has 9 heteroatoms. The molecule has 7 nitrogen and oxygen atoms in total. The molecule has 2 aromatic rings. The van der Waals surface area contributed by atoms with E-state index in [1.54, 1.807) is 7.05 Å². The number of hydrogen-bond acceptors (Lipinski definition) is 5. The lowest BCUT2D eigenvalue weighted by Gasteiger charge is -2.04. The minimum Gasteiger partial charge on any atom is -0.478 e. The molecule has 0 radical (unpaired) electrons. The van der Waals surface area contributed by atoms with Crippen LogP contribution in [0.25, 0.3) is 0 Å². The monoisotopic (exact) mass is 297 g/mol. The first-order valence-electron chi connectivity index (χ1n) is 5.26. The van der Waals surface area contributed by atoms with E-state index in [1.807, 2.05) is 0 Å². The van der Waals surface area contributed by atoms with E-state index in [4.69, 9.17) is 5.11 Å². The Hall–Kier alpha value is -2.42. The second kappa shape index (κ2) is 5.29. The third-order valence-corrected chi connectivity index (χ3v) is 3.57. The minimum absolute atomic E-state index is 0.234. The lowest BCUT2D eigenvalue weighted by molar-refractivity contribution is -0.392. The van der Waals surface area contributed by atoms with Crippen molar-refractivity contribution in [3.63, 3.8) is 0 Å². The molecule has 0 amide bonds. The van der Waals surface area contributed by atoms with Crippen molar-refractivity contribution >= 4 is 23.5 Å². The third kappa shape index (κ3) is 2.62. The van der Waals surface area contributed by atoms with Gasteiger partial charge in [0.2, 0.25) is 6.33 Å². The van der Waals surface area contributed by atoms with Crippen LogP contribution in [0.5, 0.6) is 0 Å². The van der Waals surface area contributed by atoms with E-state index in [0.29, 0.717) is 4.90 Å². The second-order valence-electron chi connectivity index (χ2n) is 3.79. The van der Waals surface area contributed by atoms with E-state index in [-0.39, 0.29) is 10.8 Å². The van der Waals surface area contributed by atoms with Crippen molar-refractivity contribution in [1.82, 2.24) is 9.55 Å². The van der Waals surface area contributed by atoms with E-state index in [9.17, 15) is 19.3 Å². The average Bonchev–Trinajstić information content (AvgIpc) is 2.73. The number of halogens is 1. The van der Waals surface area contributed by atoms with Gasteiger partial charge in [-0.3, -0.25) is 0 Å². The van der Waals surface area contributed by atoms with E-state index in [0.717, 1.165) is 23.9 Å². The summed E-state index contributed by atoms with van der Waals surface area (Å²) in [6, 6.07) is 3.48. The molecular weight excluding hydrogens is 289 g/mol. The fourth-order valence-electron chi connectivity index (χ4n) is 1.49. The smallest absolute Gasteiger partial charge is 0.396 e. The summed E-state index contributed by atoms with van der Waals surface area (Å²) < 4.78 is 14.7. The highest BCUT2D eigenvalue weighted by Crippen LogP contribution is 2.34. The van der Waals surface area contributed by atoms with Gasteiger partial charge in [0.05, 0.1) is 5.56 Å². The van der Waals surface area contributed by atoms with Crippen molar-refractivity contribution in [3.8, 4) is 0 Å². The first kappa shape index (κ1) is 14.0. The molecular formula is C11H8FN3O4S. The number of hydrogen-bond donors (Lipinski definition) is 1. The number of carboxylic acids is 1. The van der Waals surface area contributed by atoms with Gasteiger partial charge in [-0.05, 0) is 28.1 Å². The number of rotatable bonds is 4. The number of imidazole rings is 1. The van der Waals surface area contributed by atoms with Crippen molar-refractivity contribution in [2.75, 3.05) is 0 Å².